The molecule has 0 saturated carbocycles. The highest BCUT2D eigenvalue weighted by Gasteiger charge is 2.02. The Morgan fingerprint density at radius 2 is 1.82 bits per heavy atom. The molecular formula is C14H15ClN2. The molecule has 0 spiro atoms. The standard InChI is InChI=1S/C14H15ClN2/c1-17(14-4-2-3-12(15)9-14)10-11-5-7-13(16)8-6-11/h2-9H,10,16H2,1H3. The summed E-state index contributed by atoms with van der Waals surface area (Å²) in [5, 5.41) is 0.756. The van der Waals surface area contributed by atoms with Gasteiger partial charge in [-0.05, 0) is 35.9 Å². The SMILES string of the molecule is CN(Cc1ccc(N)cc1)c1cccc(Cl)c1. The first-order valence-electron chi connectivity index (χ1n) is 5.46. The largest absolute Gasteiger partial charge is 0.399 e. The minimum absolute atomic E-state index is 0.756. The lowest BCUT2D eigenvalue weighted by Gasteiger charge is -2.19. The predicted octanol–water partition coefficient (Wildman–Crippen LogP) is 3.56. The number of nitrogens with two attached hydrogens (primary N) is 1. The Balaban J connectivity index is 2.11. The van der Waals surface area contributed by atoms with E-state index in [1.54, 1.807) is 0 Å². The van der Waals surface area contributed by atoms with Crippen molar-refractivity contribution in [2.45, 2.75) is 6.54 Å². The maximum absolute atomic E-state index is 5.97. The molecule has 0 aromatic heterocycles. The first-order chi connectivity index (χ1) is 8.15. The van der Waals surface area contributed by atoms with Crippen LogP contribution in [0.15, 0.2) is 48.5 Å². The van der Waals surface area contributed by atoms with Crippen LogP contribution in [-0.2, 0) is 6.54 Å². The van der Waals surface area contributed by atoms with Crippen molar-refractivity contribution >= 4 is 23.0 Å². The van der Waals surface area contributed by atoms with Gasteiger partial charge in [0.25, 0.3) is 0 Å². The number of anilines is 2. The van der Waals surface area contributed by atoms with Crippen LogP contribution in [0.1, 0.15) is 5.56 Å². The lowest BCUT2D eigenvalue weighted by molar-refractivity contribution is 0.923. The molecule has 3 heteroatoms. The Labute approximate surface area is 107 Å². The predicted molar refractivity (Wildman–Crippen MR) is 74.4 cm³/mol. The number of nitrogen functional groups attached to an aromatic ring is 1. The van der Waals surface area contributed by atoms with E-state index in [0.29, 0.717) is 0 Å². The molecular weight excluding hydrogens is 232 g/mol. The Bertz CT molecular complexity index is 494. The topological polar surface area (TPSA) is 29.3 Å². The summed E-state index contributed by atoms with van der Waals surface area (Å²) in [5.41, 5.74) is 8.78. The fourth-order valence-electron chi connectivity index (χ4n) is 1.70. The fourth-order valence-corrected chi connectivity index (χ4v) is 1.89. The molecule has 2 aromatic rings. The van der Waals surface area contributed by atoms with Crippen LogP contribution in [0.3, 0.4) is 0 Å². The molecule has 2 rings (SSSR count). The van der Waals surface area contributed by atoms with E-state index in [1.165, 1.54) is 5.56 Å². The van der Waals surface area contributed by atoms with E-state index in [9.17, 15) is 0 Å². The quantitative estimate of drug-likeness (QED) is 0.840. The van der Waals surface area contributed by atoms with Gasteiger partial charge in [-0.25, -0.2) is 0 Å². The van der Waals surface area contributed by atoms with Crippen LogP contribution >= 0.6 is 11.6 Å². The van der Waals surface area contributed by atoms with Crippen molar-refractivity contribution in [2.75, 3.05) is 17.7 Å². The first kappa shape index (κ1) is 11.8. The molecule has 0 amide bonds. The van der Waals surface area contributed by atoms with Gasteiger partial charge in [0, 0.05) is 30.0 Å². The first-order valence-corrected chi connectivity index (χ1v) is 5.84. The average molecular weight is 247 g/mol. The molecule has 2 N–H and O–H groups in total. The molecule has 0 radical (unpaired) electrons. The number of rotatable bonds is 3. The number of hydrogen-bond donors (Lipinski definition) is 1. The van der Waals surface area contributed by atoms with Crippen molar-refractivity contribution in [3.8, 4) is 0 Å². The van der Waals surface area contributed by atoms with Crippen LogP contribution in [0, 0.1) is 0 Å². The van der Waals surface area contributed by atoms with Gasteiger partial charge >= 0.3 is 0 Å². The van der Waals surface area contributed by atoms with Crippen LogP contribution in [0.4, 0.5) is 11.4 Å². The van der Waals surface area contributed by atoms with Gasteiger partial charge in [0.1, 0.15) is 0 Å². The molecule has 2 aromatic carbocycles. The van der Waals surface area contributed by atoms with E-state index in [1.807, 2.05) is 55.6 Å². The summed E-state index contributed by atoms with van der Waals surface area (Å²) >= 11 is 5.97. The van der Waals surface area contributed by atoms with Gasteiger partial charge in [-0.1, -0.05) is 29.8 Å². The summed E-state index contributed by atoms with van der Waals surface area (Å²) in [6.45, 7) is 0.834. The van der Waals surface area contributed by atoms with Gasteiger partial charge in [-0.3, -0.25) is 0 Å². The Kier molecular flexibility index (Phi) is 3.55. The van der Waals surface area contributed by atoms with Gasteiger partial charge in [-0.2, -0.15) is 0 Å². The lowest BCUT2D eigenvalue weighted by atomic mass is 10.2. The molecule has 2 nitrogen and oxygen atoms in total. The van der Waals surface area contributed by atoms with Gasteiger partial charge < -0.3 is 10.6 Å². The van der Waals surface area contributed by atoms with Gasteiger partial charge in [-0.15, -0.1) is 0 Å². The highest BCUT2D eigenvalue weighted by Crippen LogP contribution is 2.20. The molecule has 0 saturated heterocycles. The monoisotopic (exact) mass is 246 g/mol. The maximum atomic E-state index is 5.97. The number of benzene rings is 2. The zero-order valence-electron chi connectivity index (χ0n) is 9.73. The summed E-state index contributed by atoms with van der Waals surface area (Å²) in [5.74, 6) is 0. The summed E-state index contributed by atoms with van der Waals surface area (Å²) in [6.07, 6.45) is 0. The van der Waals surface area contributed by atoms with E-state index >= 15 is 0 Å². The Morgan fingerprint density at radius 1 is 1.12 bits per heavy atom. The fraction of sp³-hybridized carbons (Fsp3) is 0.143. The Morgan fingerprint density at radius 3 is 2.47 bits per heavy atom. The molecule has 0 aliphatic rings. The van der Waals surface area contributed by atoms with Crippen LogP contribution < -0.4 is 10.6 Å². The third-order valence-corrected chi connectivity index (χ3v) is 2.88. The number of nitrogens with zero attached hydrogens (tertiary/aromatic N) is 1. The molecule has 0 aliphatic carbocycles. The van der Waals surface area contributed by atoms with Crippen molar-refractivity contribution < 1.29 is 0 Å². The molecule has 88 valence electrons. The minimum atomic E-state index is 0.756. The van der Waals surface area contributed by atoms with E-state index < -0.39 is 0 Å². The van der Waals surface area contributed by atoms with Crippen molar-refractivity contribution in [3.63, 3.8) is 0 Å². The highest BCUT2D eigenvalue weighted by molar-refractivity contribution is 6.30. The molecule has 0 atom stereocenters. The molecule has 17 heavy (non-hydrogen) atoms. The third kappa shape index (κ3) is 3.14. The lowest BCUT2D eigenvalue weighted by Crippen LogP contribution is -2.16. The Hall–Kier alpha value is -1.67. The summed E-state index contributed by atoms with van der Waals surface area (Å²) in [4.78, 5) is 2.15. The normalized spacial score (nSPS) is 10.2. The molecule has 0 bridgehead atoms. The third-order valence-electron chi connectivity index (χ3n) is 2.65. The zero-order chi connectivity index (χ0) is 12.3. The molecule has 0 heterocycles. The molecule has 0 fully saturated rings. The second-order valence-corrected chi connectivity index (χ2v) is 4.51. The summed E-state index contributed by atoms with van der Waals surface area (Å²) in [7, 11) is 2.04. The van der Waals surface area contributed by atoms with Crippen molar-refractivity contribution in [2.24, 2.45) is 0 Å². The van der Waals surface area contributed by atoms with E-state index in [-0.39, 0.29) is 0 Å². The van der Waals surface area contributed by atoms with Crippen LogP contribution in [-0.4, -0.2) is 7.05 Å². The van der Waals surface area contributed by atoms with E-state index in [0.717, 1.165) is 22.9 Å². The smallest absolute Gasteiger partial charge is 0.0426 e. The number of hydrogen-bond acceptors (Lipinski definition) is 2. The second kappa shape index (κ2) is 5.11. The number of halogens is 1. The van der Waals surface area contributed by atoms with Crippen molar-refractivity contribution in [1.82, 2.24) is 0 Å². The van der Waals surface area contributed by atoms with E-state index in [2.05, 4.69) is 4.90 Å². The highest BCUT2D eigenvalue weighted by atomic mass is 35.5. The molecule has 0 unspecified atom stereocenters. The minimum Gasteiger partial charge on any atom is -0.399 e. The average Bonchev–Trinajstić information content (AvgIpc) is 2.32. The van der Waals surface area contributed by atoms with Crippen molar-refractivity contribution in [1.29, 1.82) is 0 Å². The van der Waals surface area contributed by atoms with Crippen LogP contribution in [0.25, 0.3) is 0 Å². The summed E-state index contributed by atoms with van der Waals surface area (Å²) in [6, 6.07) is 15.7. The van der Waals surface area contributed by atoms with Crippen LogP contribution in [0.5, 0.6) is 0 Å². The van der Waals surface area contributed by atoms with Crippen molar-refractivity contribution in [3.05, 3.63) is 59.1 Å². The van der Waals surface area contributed by atoms with E-state index in [4.69, 9.17) is 17.3 Å². The van der Waals surface area contributed by atoms with Gasteiger partial charge in [0.05, 0.1) is 0 Å². The zero-order valence-corrected chi connectivity index (χ0v) is 10.5. The van der Waals surface area contributed by atoms with Gasteiger partial charge in [0.2, 0.25) is 0 Å². The van der Waals surface area contributed by atoms with Gasteiger partial charge in [0.15, 0.2) is 0 Å². The van der Waals surface area contributed by atoms with Crippen LogP contribution in [0.2, 0.25) is 5.02 Å². The summed E-state index contributed by atoms with van der Waals surface area (Å²) < 4.78 is 0. The maximum Gasteiger partial charge on any atom is 0.0426 e. The second-order valence-electron chi connectivity index (χ2n) is 4.08. The molecule has 0 aliphatic heterocycles.